The Labute approximate surface area is 146 Å². The van der Waals surface area contributed by atoms with Gasteiger partial charge in [0.2, 0.25) is 0 Å². The van der Waals surface area contributed by atoms with E-state index >= 15 is 0 Å². The van der Waals surface area contributed by atoms with Gasteiger partial charge >= 0.3 is 8.56 Å². The summed E-state index contributed by atoms with van der Waals surface area (Å²) in [5.74, 6) is 0.572. The molecule has 0 N–H and O–H groups in total. The lowest BCUT2D eigenvalue weighted by Gasteiger charge is -2.48. The third-order valence-corrected chi connectivity index (χ3v) is 11.0. The summed E-state index contributed by atoms with van der Waals surface area (Å²) in [5.41, 5.74) is 1.48. The summed E-state index contributed by atoms with van der Waals surface area (Å²) in [7, 11) is -2.36. The quantitative estimate of drug-likeness (QED) is 0.604. The summed E-state index contributed by atoms with van der Waals surface area (Å²) >= 11 is 6.06. The highest BCUT2D eigenvalue weighted by molar-refractivity contribution is 6.73. The van der Waals surface area contributed by atoms with Crippen molar-refractivity contribution in [1.82, 2.24) is 0 Å². The van der Waals surface area contributed by atoms with Crippen molar-refractivity contribution < 1.29 is 8.85 Å². The van der Waals surface area contributed by atoms with Gasteiger partial charge in [-0.1, -0.05) is 65.3 Å². The molecule has 0 amide bonds. The maximum Gasteiger partial charge on any atom is 0.349 e. The van der Waals surface area contributed by atoms with Crippen LogP contribution in [0.1, 0.15) is 53.5 Å². The second kappa shape index (κ2) is 5.32. The van der Waals surface area contributed by atoms with Crippen molar-refractivity contribution in [2.45, 2.75) is 63.5 Å². The lowest BCUT2D eigenvalue weighted by molar-refractivity contribution is 0.137. The van der Waals surface area contributed by atoms with Gasteiger partial charge in [-0.05, 0) is 30.0 Å². The van der Waals surface area contributed by atoms with Gasteiger partial charge in [0.1, 0.15) is 0 Å². The molecule has 1 aromatic carbocycles. The number of rotatable bonds is 1. The Morgan fingerprint density at radius 2 is 1.57 bits per heavy atom. The van der Waals surface area contributed by atoms with E-state index < -0.39 is 8.56 Å². The van der Waals surface area contributed by atoms with Crippen molar-refractivity contribution >= 4 is 20.2 Å². The molecule has 128 valence electrons. The zero-order valence-electron chi connectivity index (χ0n) is 15.2. The molecule has 2 atom stereocenters. The van der Waals surface area contributed by atoms with Gasteiger partial charge < -0.3 is 8.85 Å². The van der Waals surface area contributed by atoms with Crippen molar-refractivity contribution in [3.8, 4) is 0 Å². The molecule has 0 bridgehead atoms. The molecule has 1 saturated carbocycles. The van der Waals surface area contributed by atoms with Gasteiger partial charge in [0.15, 0.2) is 0 Å². The van der Waals surface area contributed by atoms with E-state index in [1.807, 2.05) is 12.1 Å². The van der Waals surface area contributed by atoms with Crippen molar-refractivity contribution in [2.75, 3.05) is 13.2 Å². The number of benzene rings is 1. The Bertz CT molecular complexity index is 571. The first kappa shape index (κ1) is 17.5. The monoisotopic (exact) mass is 352 g/mol. The second-order valence-electron chi connectivity index (χ2n) is 9.28. The highest BCUT2D eigenvalue weighted by atomic mass is 35.5. The summed E-state index contributed by atoms with van der Waals surface area (Å²) in [4.78, 5) is 0. The number of fused-ring (bicyclic) bond motifs is 1. The van der Waals surface area contributed by atoms with E-state index in [-0.39, 0.29) is 15.5 Å². The molecule has 2 fully saturated rings. The van der Waals surface area contributed by atoms with Crippen LogP contribution in [0.25, 0.3) is 0 Å². The van der Waals surface area contributed by atoms with Gasteiger partial charge in [0.05, 0.1) is 0 Å². The summed E-state index contributed by atoms with van der Waals surface area (Å²) in [5, 5.41) is 0.883. The van der Waals surface area contributed by atoms with E-state index in [1.54, 1.807) is 0 Å². The summed E-state index contributed by atoms with van der Waals surface area (Å²) in [6.45, 7) is 15.2. The van der Waals surface area contributed by atoms with Crippen LogP contribution >= 0.6 is 11.6 Å². The van der Waals surface area contributed by atoms with Crippen molar-refractivity contribution in [3.05, 3.63) is 34.9 Å². The van der Waals surface area contributed by atoms with Crippen LogP contribution in [0.15, 0.2) is 24.3 Å². The molecule has 23 heavy (non-hydrogen) atoms. The first-order valence-corrected chi connectivity index (χ1v) is 10.8. The molecule has 0 aromatic heterocycles. The minimum Gasteiger partial charge on any atom is -0.393 e. The molecule has 1 aliphatic heterocycles. The molecule has 4 heteroatoms. The van der Waals surface area contributed by atoms with Gasteiger partial charge in [-0.3, -0.25) is 0 Å². The Kier molecular flexibility index (Phi) is 4.04. The van der Waals surface area contributed by atoms with Gasteiger partial charge in [-0.2, -0.15) is 0 Å². The fraction of sp³-hybridized carbons (Fsp3) is 0.684. The molecule has 3 rings (SSSR count). The zero-order chi connectivity index (χ0) is 17.1. The fourth-order valence-electron chi connectivity index (χ4n) is 4.48. The SMILES string of the molecule is CC(C)(C)[Si]1(C(C)(C)C)OCC2C[C@@]2(c2ccc(Cl)cc2)CO1. The van der Waals surface area contributed by atoms with Crippen LogP contribution < -0.4 is 0 Å². The topological polar surface area (TPSA) is 18.5 Å². The van der Waals surface area contributed by atoms with Crippen LogP contribution in [0.2, 0.25) is 15.1 Å². The third-order valence-electron chi connectivity index (χ3n) is 5.65. The van der Waals surface area contributed by atoms with Gasteiger partial charge in [0, 0.05) is 33.7 Å². The van der Waals surface area contributed by atoms with E-state index in [4.69, 9.17) is 20.5 Å². The third kappa shape index (κ3) is 2.70. The predicted octanol–water partition coefficient (Wildman–Crippen LogP) is 5.69. The first-order chi connectivity index (χ1) is 10.5. The standard InChI is InChI=1S/C19H29ClO2Si/c1-17(2,3)23(18(4,5)6)21-12-15-11-19(15,13-22-23)14-7-9-16(20)10-8-14/h7-10,15H,11-13H2,1-6H3/t15?,19-/m0/s1. The fourth-order valence-corrected chi connectivity index (χ4v) is 9.56. The van der Waals surface area contributed by atoms with Gasteiger partial charge in [-0.25, -0.2) is 0 Å². The Balaban J connectivity index is 1.92. The maximum absolute atomic E-state index is 6.75. The van der Waals surface area contributed by atoms with Crippen molar-refractivity contribution in [1.29, 1.82) is 0 Å². The highest BCUT2D eigenvalue weighted by Crippen LogP contribution is 2.61. The lowest BCUT2D eigenvalue weighted by Crippen LogP contribution is -2.57. The van der Waals surface area contributed by atoms with E-state index in [0.29, 0.717) is 5.92 Å². The summed E-state index contributed by atoms with van der Waals surface area (Å²) in [6, 6.07) is 8.30. The molecule has 0 radical (unpaired) electrons. The molecule has 0 spiro atoms. The highest BCUT2D eigenvalue weighted by Gasteiger charge is 2.65. The number of hydrogen-bond acceptors (Lipinski definition) is 2. The van der Waals surface area contributed by atoms with Crippen LogP contribution in [0.5, 0.6) is 0 Å². The number of halogens is 1. The van der Waals surface area contributed by atoms with E-state index in [1.165, 1.54) is 5.56 Å². The molecule has 1 aliphatic carbocycles. The zero-order valence-corrected chi connectivity index (χ0v) is 17.0. The molecular formula is C19H29ClO2Si. The van der Waals surface area contributed by atoms with Gasteiger partial charge in [0.25, 0.3) is 0 Å². The predicted molar refractivity (Wildman–Crippen MR) is 98.3 cm³/mol. The second-order valence-corrected chi connectivity index (χ2v) is 14.5. The van der Waals surface area contributed by atoms with E-state index in [0.717, 1.165) is 24.7 Å². The van der Waals surface area contributed by atoms with Crippen LogP contribution in [0.3, 0.4) is 0 Å². The summed E-state index contributed by atoms with van der Waals surface area (Å²) in [6.07, 6.45) is 1.16. The molecular weight excluding hydrogens is 324 g/mol. The first-order valence-electron chi connectivity index (χ1n) is 8.56. The van der Waals surface area contributed by atoms with Crippen LogP contribution in [0.4, 0.5) is 0 Å². The molecule has 2 nitrogen and oxygen atoms in total. The maximum atomic E-state index is 6.75. The Hall–Kier alpha value is -0.353. The van der Waals surface area contributed by atoms with Crippen molar-refractivity contribution in [3.63, 3.8) is 0 Å². The van der Waals surface area contributed by atoms with Crippen LogP contribution in [0, 0.1) is 5.92 Å². The number of hydrogen-bond donors (Lipinski definition) is 0. The van der Waals surface area contributed by atoms with Crippen molar-refractivity contribution in [2.24, 2.45) is 5.92 Å². The van der Waals surface area contributed by atoms with Gasteiger partial charge in [-0.15, -0.1) is 0 Å². The molecule has 1 heterocycles. The molecule has 1 unspecified atom stereocenters. The molecule has 1 saturated heterocycles. The average Bonchev–Trinajstić information content (AvgIpc) is 3.11. The lowest BCUT2D eigenvalue weighted by atomic mass is 9.94. The molecule has 1 aromatic rings. The van der Waals surface area contributed by atoms with Crippen LogP contribution in [-0.4, -0.2) is 21.8 Å². The molecule has 2 aliphatic rings. The Morgan fingerprint density at radius 3 is 2.09 bits per heavy atom. The van der Waals surface area contributed by atoms with E-state index in [2.05, 4.69) is 53.7 Å². The smallest absolute Gasteiger partial charge is 0.349 e. The Morgan fingerprint density at radius 1 is 1.00 bits per heavy atom. The minimum absolute atomic E-state index is 0.0449. The minimum atomic E-state index is -2.36. The largest absolute Gasteiger partial charge is 0.393 e. The summed E-state index contributed by atoms with van der Waals surface area (Å²) < 4.78 is 13.4. The average molecular weight is 353 g/mol. The normalized spacial score (nSPS) is 30.5. The van der Waals surface area contributed by atoms with Crippen LogP contribution in [-0.2, 0) is 14.3 Å². The van der Waals surface area contributed by atoms with E-state index in [9.17, 15) is 0 Å².